The molecule has 0 saturated heterocycles. The summed E-state index contributed by atoms with van der Waals surface area (Å²) in [5, 5.41) is 0. The molecule has 0 saturated carbocycles. The van der Waals surface area contributed by atoms with Crippen LogP contribution in [0.25, 0.3) is 84.5 Å². The first-order valence-corrected chi connectivity index (χ1v) is 25.8. The summed E-state index contributed by atoms with van der Waals surface area (Å²) in [6.07, 6.45) is 0. The van der Waals surface area contributed by atoms with Crippen LogP contribution in [0.4, 0.5) is 83.4 Å². The van der Waals surface area contributed by atoms with Gasteiger partial charge in [0.15, 0.2) is 93.1 Å². The van der Waals surface area contributed by atoms with Gasteiger partial charge in [0.2, 0.25) is 17.5 Å². The van der Waals surface area contributed by atoms with Gasteiger partial charge in [0.1, 0.15) is 0 Å². The molecule has 7 aromatic rings. The number of hydrogen-bond donors (Lipinski definition) is 2. The smallest absolute Gasteiger partial charge is 0.200 e. The number of benzene rings is 4. The number of H-pyrrole nitrogens is 2. The van der Waals surface area contributed by atoms with Gasteiger partial charge in [0.05, 0.1) is 103 Å². The number of aromatic amines is 2. The Kier molecular flexibility index (Phi) is 14.9. The lowest BCUT2D eigenvalue weighted by Crippen LogP contribution is -2.06. The van der Waals surface area contributed by atoms with E-state index < -0.39 is 241 Å². The molecule has 31 heteroatoms. The van der Waals surface area contributed by atoms with E-state index in [2.05, 4.69) is 147 Å². The van der Waals surface area contributed by atoms with Gasteiger partial charge in [-0.25, -0.2) is 93.4 Å². The maximum Gasteiger partial charge on any atom is 0.200 e. The topological polar surface area (TPSA) is 57.4 Å². The maximum atomic E-state index is 16.6. The van der Waals surface area contributed by atoms with Gasteiger partial charge in [-0.15, -0.1) is 0 Å². The van der Waals surface area contributed by atoms with Crippen LogP contribution in [0.3, 0.4) is 0 Å². The molecule has 0 radical (unpaired) electrons. The molecule has 0 spiro atoms. The molecule has 0 amide bonds. The van der Waals surface area contributed by atoms with Crippen molar-refractivity contribution in [2.45, 2.75) is 6.92 Å². The van der Waals surface area contributed by atoms with Crippen LogP contribution in [-0.2, 0) is 0 Å². The van der Waals surface area contributed by atoms with Crippen LogP contribution < -0.4 is 0 Å². The minimum atomic E-state index is -2.75. The van der Waals surface area contributed by atoms with Crippen molar-refractivity contribution < 1.29 is 83.4 Å². The monoisotopic (exact) mass is 1590 g/mol. The van der Waals surface area contributed by atoms with Crippen LogP contribution in [0.5, 0.6) is 0 Å². The normalized spacial score (nSPS) is 12.9. The first-order chi connectivity index (χ1) is 35.4. The Morgan fingerprint density at radius 2 is 0.395 bits per heavy atom. The van der Waals surface area contributed by atoms with Crippen LogP contribution in [0.15, 0.2) is 17.9 Å². The summed E-state index contributed by atoms with van der Waals surface area (Å²) in [6, 6.07) is 0. The van der Waals surface area contributed by atoms with Crippen LogP contribution in [0.1, 0.15) is 28.3 Å². The summed E-state index contributed by atoms with van der Waals surface area (Å²) in [4.78, 5) is 13.1. The maximum absolute atomic E-state index is 16.6. The van der Waals surface area contributed by atoms with Gasteiger partial charge in [-0.1, -0.05) is 0 Å². The van der Waals surface area contributed by atoms with Crippen molar-refractivity contribution in [3.05, 3.63) is 157 Å². The van der Waals surface area contributed by atoms with Crippen molar-refractivity contribution in [2.24, 2.45) is 0 Å². The number of halogens is 27. The number of nitrogens with zero attached hydrogens (tertiary/aromatic N) is 2. The minimum absolute atomic E-state index is 0.595. The lowest BCUT2D eigenvalue weighted by molar-refractivity contribution is 0.381. The Morgan fingerprint density at radius 1 is 0.237 bits per heavy atom. The fourth-order valence-corrected chi connectivity index (χ4v) is 11.9. The Hall–Kier alpha value is -4.01. The Morgan fingerprint density at radius 3 is 0.579 bits per heavy atom. The van der Waals surface area contributed by atoms with Gasteiger partial charge in [-0.2, -0.15) is 0 Å². The number of nitrogens with one attached hydrogen (secondary N) is 2. The van der Waals surface area contributed by atoms with Crippen molar-refractivity contribution in [1.82, 2.24) is 19.9 Å². The van der Waals surface area contributed by atoms with Crippen LogP contribution in [0, 0.1) is 117 Å². The van der Waals surface area contributed by atoms with E-state index in [1.54, 1.807) is 0 Å². The van der Waals surface area contributed by atoms with Crippen LogP contribution in [-0.4, -0.2) is 19.9 Å². The van der Waals surface area contributed by atoms with Gasteiger partial charge >= 0.3 is 0 Å². The highest BCUT2D eigenvalue weighted by atomic mass is 79.9. The summed E-state index contributed by atoms with van der Waals surface area (Å²) in [5.74, 6) is -48.7. The first kappa shape index (κ1) is 56.7. The molecule has 5 heterocycles. The van der Waals surface area contributed by atoms with Crippen molar-refractivity contribution in [3.8, 4) is 44.5 Å². The highest BCUT2D eigenvalue weighted by molar-refractivity contribution is 9.18. The van der Waals surface area contributed by atoms with E-state index in [9.17, 15) is 13.2 Å². The van der Waals surface area contributed by atoms with Gasteiger partial charge in [-0.3, -0.25) is 0 Å². The molecule has 4 nitrogen and oxygen atoms in total. The highest BCUT2D eigenvalue weighted by Crippen LogP contribution is 2.55. The molecule has 0 unspecified atom stereocenters. The molecule has 8 bridgehead atoms. The van der Waals surface area contributed by atoms with E-state index in [1.807, 2.05) is 0 Å². The fraction of sp³-hybridized carbons (Fsp3) is 0.0222. The summed E-state index contributed by atoms with van der Waals surface area (Å²) in [6.45, 7) is 0.595. The summed E-state index contributed by atoms with van der Waals surface area (Å²) in [5.41, 5.74) is -22.7. The van der Waals surface area contributed by atoms with E-state index >= 15 is 70.2 Å². The minimum Gasteiger partial charge on any atom is -0.352 e. The molecule has 2 aliphatic rings. The number of hydrogen-bond acceptors (Lipinski definition) is 2. The number of fused-ring (bicyclic) bond motifs is 8. The zero-order chi connectivity index (χ0) is 56.2. The van der Waals surface area contributed by atoms with Crippen LogP contribution in [0.2, 0.25) is 0 Å². The zero-order valence-electron chi connectivity index (χ0n) is 35.1. The standard InChI is InChI=1S/C45H5Br8F19N4/c1-2-19(54)21(56)3(22(57)20(2)55)7-38-11(46)13(48)40(73-38)8(4-23(58)29(64)35(70)30(65)24(4)59)42-15(50)17(52)44(75-42)10(6-27(62)33(68)37(72)34(69)28(6)63)45-18(53)16(51)43(76-45)9(41-14(49)12(47)39(7)74-41)5-25(60)31(66)36(71)32(67)26(5)61/h73,76H,1H3. The molecule has 9 rings (SSSR count). The van der Waals surface area contributed by atoms with Crippen LogP contribution >= 0.6 is 127 Å². The highest BCUT2D eigenvalue weighted by Gasteiger charge is 2.40. The molecule has 76 heavy (non-hydrogen) atoms. The second-order valence-corrected chi connectivity index (χ2v) is 21.8. The molecule has 3 aromatic heterocycles. The molecule has 0 aliphatic carbocycles. The predicted octanol–water partition coefficient (Wildman–Crippen LogP) is 20.2. The number of aromatic nitrogens is 4. The van der Waals surface area contributed by atoms with Crippen molar-refractivity contribution in [1.29, 1.82) is 0 Å². The second kappa shape index (κ2) is 20.0. The molecule has 2 aliphatic heterocycles. The van der Waals surface area contributed by atoms with E-state index in [4.69, 9.17) is 0 Å². The Balaban J connectivity index is 1.75. The molecule has 4 aromatic carbocycles. The van der Waals surface area contributed by atoms with E-state index in [1.165, 1.54) is 0 Å². The SMILES string of the molecule is Cc1c(F)c(F)c(-c2c3nc(c(-c4c(F)c(F)c(F)c(F)c4F)c4[nH]c(c(Br)c4Br)c(-c4c(F)c(F)c(F)c(F)c4F)c4nc(c(-c5c(F)c(F)c(F)c(F)c5F)c5[nH]c2c(Br)c5Br)C(Br)=C4Br)C(Br)=C3Br)c(F)c1F. The van der Waals surface area contributed by atoms with Crippen molar-refractivity contribution >= 4 is 167 Å². The van der Waals surface area contributed by atoms with Gasteiger partial charge in [-0.05, 0) is 134 Å². The molecular weight excluding hydrogens is 1600 g/mol. The number of rotatable bonds is 4. The molecule has 0 fully saturated rings. The van der Waals surface area contributed by atoms with E-state index in [0.29, 0.717) is 6.92 Å². The molecule has 2 N–H and O–H groups in total. The lowest BCUT2D eigenvalue weighted by Gasteiger charge is -2.13. The first-order valence-electron chi connectivity index (χ1n) is 19.5. The third-order valence-electron chi connectivity index (χ3n) is 11.5. The Labute approximate surface area is 474 Å². The summed E-state index contributed by atoms with van der Waals surface area (Å²) < 4.78 is 294. The third-order valence-corrected chi connectivity index (χ3v) is 19.9. The third kappa shape index (κ3) is 8.01. The quantitative estimate of drug-likeness (QED) is 0.105. The van der Waals surface area contributed by atoms with Gasteiger partial charge < -0.3 is 9.97 Å². The van der Waals surface area contributed by atoms with Crippen molar-refractivity contribution in [2.75, 3.05) is 0 Å². The average molecular weight is 1600 g/mol. The fourth-order valence-electron chi connectivity index (χ4n) is 7.98. The van der Waals surface area contributed by atoms with Gasteiger partial charge in [0.25, 0.3) is 0 Å². The van der Waals surface area contributed by atoms with E-state index in [-0.39, 0.29) is 0 Å². The molecule has 0 atom stereocenters. The second-order valence-electron chi connectivity index (χ2n) is 15.5. The van der Waals surface area contributed by atoms with Gasteiger partial charge in [0, 0.05) is 27.8 Å². The average Bonchev–Trinajstić information content (AvgIpc) is 4.06. The Bertz CT molecular complexity index is 3540. The molecular formula is C45H5Br8F19N4. The largest absolute Gasteiger partial charge is 0.352 e. The summed E-state index contributed by atoms with van der Waals surface area (Å²) in [7, 11) is 0. The summed E-state index contributed by atoms with van der Waals surface area (Å²) >= 11 is 24.2. The zero-order valence-corrected chi connectivity index (χ0v) is 47.8. The van der Waals surface area contributed by atoms with E-state index in [0.717, 1.165) is 0 Å². The van der Waals surface area contributed by atoms with Crippen molar-refractivity contribution in [3.63, 3.8) is 0 Å². The molecule has 394 valence electrons. The predicted molar refractivity (Wildman–Crippen MR) is 267 cm³/mol. The lowest BCUT2D eigenvalue weighted by atomic mass is 9.99.